The average Bonchev–Trinajstić information content (AvgIpc) is 3.64. The number of ether oxygens (including phenoxy) is 2. The second kappa shape index (κ2) is 12.2. The van der Waals surface area contributed by atoms with Gasteiger partial charge in [-0.25, -0.2) is 18.2 Å². The van der Waals surface area contributed by atoms with Gasteiger partial charge in [-0.1, -0.05) is 19.9 Å². The molecule has 5 heterocycles. The van der Waals surface area contributed by atoms with Crippen molar-refractivity contribution in [3.8, 4) is 28.9 Å². The number of pyridine rings is 1. The van der Waals surface area contributed by atoms with E-state index in [1.807, 2.05) is 18.7 Å². The number of hydrogen-bond donors (Lipinski definition) is 2. The number of aromatic nitrogens is 3. The number of phenolic OH excluding ortho intramolecular Hbond substituents is 1. The summed E-state index contributed by atoms with van der Waals surface area (Å²) < 4.78 is 58.0. The SMILES string of the molecule is CC.COc1nc(-c2cc(O)cc3ccc(F)c(F)c23)c(F)c2nc(OCC34CCCN3CCC4)nc(N3CCNCC3)c12. The van der Waals surface area contributed by atoms with Gasteiger partial charge in [-0.3, -0.25) is 4.90 Å². The molecular formula is C32H37F3N6O3. The lowest BCUT2D eigenvalue weighted by Crippen LogP contribution is -2.44. The maximum absolute atomic E-state index is 16.6. The van der Waals surface area contributed by atoms with Crippen molar-refractivity contribution in [2.24, 2.45) is 0 Å². The summed E-state index contributed by atoms with van der Waals surface area (Å²) in [6.45, 7) is 9.08. The lowest BCUT2D eigenvalue weighted by atomic mass is 9.95. The van der Waals surface area contributed by atoms with Crippen LogP contribution in [0.15, 0.2) is 24.3 Å². The Hall–Kier alpha value is -3.90. The van der Waals surface area contributed by atoms with Crippen LogP contribution < -0.4 is 19.7 Å². The second-order valence-corrected chi connectivity index (χ2v) is 11.2. The average molecular weight is 611 g/mol. The highest BCUT2D eigenvalue weighted by atomic mass is 19.2. The minimum absolute atomic E-state index is 0.0196. The van der Waals surface area contributed by atoms with Gasteiger partial charge in [0.05, 0.1) is 12.6 Å². The van der Waals surface area contributed by atoms with Crippen molar-refractivity contribution in [2.75, 3.05) is 57.9 Å². The fourth-order valence-electron chi connectivity index (χ4n) is 6.83. The summed E-state index contributed by atoms with van der Waals surface area (Å²) in [5.74, 6) is -2.97. The standard InChI is InChI=1S/C30H31F3N6O3.C2H6/c1-41-28-22-26(24(33)25(35-28)19-15-18(40)14-17-4-5-20(31)23(32)21(17)19)36-29(37-27(22)38-12-8-34-9-13-38)42-16-30-6-2-10-39(30)11-3-7-30;1-2/h4-5,14-15,34,40H,2-3,6-13,16H2,1H3;1-2H3. The van der Waals surface area contributed by atoms with Crippen LogP contribution in [0.2, 0.25) is 0 Å². The van der Waals surface area contributed by atoms with Crippen LogP contribution in [0, 0.1) is 17.5 Å². The van der Waals surface area contributed by atoms with Gasteiger partial charge in [-0.15, -0.1) is 0 Å². The summed E-state index contributed by atoms with van der Waals surface area (Å²) in [6, 6.07) is 4.74. The van der Waals surface area contributed by atoms with Crippen LogP contribution in [0.5, 0.6) is 17.6 Å². The Morgan fingerprint density at radius 3 is 2.36 bits per heavy atom. The summed E-state index contributed by atoms with van der Waals surface area (Å²) in [7, 11) is 1.39. The first-order valence-corrected chi connectivity index (χ1v) is 15.3. The van der Waals surface area contributed by atoms with Crippen molar-refractivity contribution in [3.05, 3.63) is 41.7 Å². The quantitative estimate of drug-likeness (QED) is 0.297. The number of fused-ring (bicyclic) bond motifs is 3. The number of aromatic hydroxyl groups is 1. The van der Waals surface area contributed by atoms with Crippen LogP contribution in [0.25, 0.3) is 32.9 Å². The lowest BCUT2D eigenvalue weighted by Gasteiger charge is -2.32. The van der Waals surface area contributed by atoms with Crippen molar-refractivity contribution in [1.82, 2.24) is 25.2 Å². The van der Waals surface area contributed by atoms with Gasteiger partial charge in [0.15, 0.2) is 17.5 Å². The van der Waals surface area contributed by atoms with Gasteiger partial charge in [0.25, 0.3) is 0 Å². The van der Waals surface area contributed by atoms with E-state index in [9.17, 15) is 9.50 Å². The fraction of sp³-hybridized carbons (Fsp3) is 0.469. The van der Waals surface area contributed by atoms with E-state index in [2.05, 4.69) is 20.2 Å². The molecule has 3 saturated heterocycles. The van der Waals surface area contributed by atoms with E-state index in [-0.39, 0.29) is 56.1 Å². The molecule has 4 aromatic rings. The molecule has 0 saturated carbocycles. The van der Waals surface area contributed by atoms with Crippen LogP contribution in [-0.2, 0) is 0 Å². The Labute approximate surface area is 254 Å². The van der Waals surface area contributed by atoms with Crippen molar-refractivity contribution < 1.29 is 27.8 Å². The molecular weight excluding hydrogens is 573 g/mol. The lowest BCUT2D eigenvalue weighted by molar-refractivity contribution is 0.108. The van der Waals surface area contributed by atoms with Gasteiger partial charge >= 0.3 is 6.01 Å². The van der Waals surface area contributed by atoms with Crippen LogP contribution in [0.4, 0.5) is 19.0 Å². The molecule has 2 aromatic heterocycles. The first kappa shape index (κ1) is 30.1. The minimum atomic E-state index is -1.17. The van der Waals surface area contributed by atoms with Crippen LogP contribution in [0.1, 0.15) is 39.5 Å². The number of nitrogens with zero attached hydrogens (tertiary/aromatic N) is 5. The molecule has 0 spiro atoms. The van der Waals surface area contributed by atoms with Crippen molar-refractivity contribution in [3.63, 3.8) is 0 Å². The molecule has 0 amide bonds. The van der Waals surface area contributed by atoms with E-state index in [1.165, 1.54) is 19.2 Å². The van der Waals surface area contributed by atoms with Crippen molar-refractivity contribution in [2.45, 2.75) is 45.1 Å². The molecule has 3 aliphatic heterocycles. The van der Waals surface area contributed by atoms with Gasteiger partial charge in [0.1, 0.15) is 34.8 Å². The first-order valence-electron chi connectivity index (χ1n) is 15.3. The van der Waals surface area contributed by atoms with E-state index in [1.54, 1.807) is 0 Å². The number of piperazine rings is 1. The maximum Gasteiger partial charge on any atom is 0.319 e. The highest BCUT2D eigenvalue weighted by molar-refractivity contribution is 6.02. The molecule has 7 rings (SSSR count). The van der Waals surface area contributed by atoms with Gasteiger partial charge < -0.3 is 24.8 Å². The smallest absolute Gasteiger partial charge is 0.319 e. The number of anilines is 1. The van der Waals surface area contributed by atoms with E-state index >= 15 is 8.78 Å². The summed E-state index contributed by atoms with van der Waals surface area (Å²) in [5, 5.41) is 13.9. The maximum atomic E-state index is 16.6. The third-order valence-electron chi connectivity index (χ3n) is 8.85. The molecule has 12 heteroatoms. The summed E-state index contributed by atoms with van der Waals surface area (Å²) in [6.07, 6.45) is 4.25. The molecule has 0 unspecified atom stereocenters. The molecule has 0 radical (unpaired) electrons. The first-order chi connectivity index (χ1) is 21.4. The molecule has 234 valence electrons. The number of nitrogens with one attached hydrogen (secondary N) is 1. The molecule has 0 bridgehead atoms. The Bertz CT molecular complexity index is 1690. The van der Waals surface area contributed by atoms with Gasteiger partial charge in [-0.2, -0.15) is 9.97 Å². The zero-order valence-electron chi connectivity index (χ0n) is 25.2. The summed E-state index contributed by atoms with van der Waals surface area (Å²) in [4.78, 5) is 18.1. The highest BCUT2D eigenvalue weighted by Gasteiger charge is 2.45. The number of methoxy groups -OCH3 is 1. The fourth-order valence-corrected chi connectivity index (χ4v) is 6.83. The molecule has 9 nitrogen and oxygen atoms in total. The zero-order chi connectivity index (χ0) is 31.0. The van der Waals surface area contributed by atoms with Gasteiger partial charge in [0.2, 0.25) is 5.88 Å². The predicted octanol–water partition coefficient (Wildman–Crippen LogP) is 5.42. The molecule has 44 heavy (non-hydrogen) atoms. The number of phenols is 1. The minimum Gasteiger partial charge on any atom is -0.508 e. The molecule has 3 fully saturated rings. The second-order valence-electron chi connectivity index (χ2n) is 11.2. The van der Waals surface area contributed by atoms with E-state index < -0.39 is 17.5 Å². The van der Waals surface area contributed by atoms with E-state index in [0.29, 0.717) is 38.6 Å². The third-order valence-corrected chi connectivity index (χ3v) is 8.85. The molecule has 2 aromatic carbocycles. The highest BCUT2D eigenvalue weighted by Crippen LogP contribution is 2.43. The normalized spacial score (nSPS) is 17.9. The number of halogens is 3. The van der Waals surface area contributed by atoms with Crippen molar-refractivity contribution in [1.29, 1.82) is 0 Å². The van der Waals surface area contributed by atoms with Crippen LogP contribution in [-0.4, -0.2) is 83.5 Å². The number of hydrogen-bond acceptors (Lipinski definition) is 9. The monoisotopic (exact) mass is 610 g/mol. The topological polar surface area (TPSA) is 95.9 Å². The van der Waals surface area contributed by atoms with Crippen LogP contribution >= 0.6 is 0 Å². The Morgan fingerprint density at radius 1 is 0.932 bits per heavy atom. The van der Waals surface area contributed by atoms with E-state index in [4.69, 9.17) is 14.5 Å². The Kier molecular flexibility index (Phi) is 8.38. The molecule has 0 atom stereocenters. The van der Waals surface area contributed by atoms with E-state index in [0.717, 1.165) is 50.9 Å². The predicted molar refractivity (Wildman–Crippen MR) is 163 cm³/mol. The third kappa shape index (κ3) is 5.13. The van der Waals surface area contributed by atoms with Gasteiger partial charge in [-0.05, 0) is 62.4 Å². The number of rotatable bonds is 6. The molecule has 0 aliphatic carbocycles. The van der Waals surface area contributed by atoms with Gasteiger partial charge in [0, 0.05) is 37.1 Å². The molecule has 2 N–H and O–H groups in total. The van der Waals surface area contributed by atoms with Crippen molar-refractivity contribution >= 4 is 27.5 Å². The Balaban J connectivity index is 0.00000168. The zero-order valence-corrected chi connectivity index (χ0v) is 25.2. The summed E-state index contributed by atoms with van der Waals surface area (Å²) in [5.41, 5.74) is -0.654. The largest absolute Gasteiger partial charge is 0.508 e. The number of benzene rings is 2. The molecule has 3 aliphatic rings. The Morgan fingerprint density at radius 2 is 1.66 bits per heavy atom. The van der Waals surface area contributed by atoms with Crippen LogP contribution in [0.3, 0.4) is 0 Å². The summed E-state index contributed by atoms with van der Waals surface area (Å²) >= 11 is 0.